The van der Waals surface area contributed by atoms with Crippen LogP contribution in [0.5, 0.6) is 5.88 Å². The van der Waals surface area contributed by atoms with Crippen LogP contribution in [0.3, 0.4) is 0 Å². The van der Waals surface area contributed by atoms with E-state index < -0.39 is 36.0 Å². The molecule has 3 fully saturated rings. The van der Waals surface area contributed by atoms with Crippen molar-refractivity contribution in [1.82, 2.24) is 15.0 Å². The standard InChI is InChI=1S/C29H25F2N5O6/c1-2-16-9-19(35-7-8-40-29(13-35)14-39-15-29)27(32-11-16)41-17-10-20(28(37)38)36(12-17)26-23-22(33-25(34-26)24(30)31)18-5-3-4-6-21(18)42-23/h1,3-6,9,11,17,20,24H,7-8,10,12-15H2,(H,37,38)/t17-,20-/m0/s1. The number of anilines is 2. The van der Waals surface area contributed by atoms with Crippen LogP contribution in [0.4, 0.5) is 20.3 Å². The molecule has 2 atom stereocenters. The van der Waals surface area contributed by atoms with Gasteiger partial charge in [0.25, 0.3) is 6.43 Å². The molecule has 42 heavy (non-hydrogen) atoms. The van der Waals surface area contributed by atoms with Crippen molar-refractivity contribution in [3.05, 3.63) is 47.9 Å². The van der Waals surface area contributed by atoms with Gasteiger partial charge in [-0.05, 0) is 18.2 Å². The van der Waals surface area contributed by atoms with Crippen LogP contribution in [-0.4, -0.2) is 83.2 Å². The van der Waals surface area contributed by atoms with Crippen LogP contribution in [0.25, 0.3) is 22.1 Å². The van der Waals surface area contributed by atoms with Crippen molar-refractivity contribution in [1.29, 1.82) is 0 Å². The van der Waals surface area contributed by atoms with Crippen LogP contribution in [0.2, 0.25) is 0 Å². The first kappa shape index (κ1) is 26.4. The first-order valence-corrected chi connectivity index (χ1v) is 13.4. The minimum atomic E-state index is -2.97. The number of terminal acetylenes is 1. The first-order chi connectivity index (χ1) is 20.3. The fraction of sp³-hybridized carbons (Fsp3) is 0.379. The number of halogens is 2. The number of aromatic nitrogens is 3. The molecule has 3 aromatic heterocycles. The Balaban J connectivity index is 1.24. The second-order valence-corrected chi connectivity index (χ2v) is 10.6. The lowest BCUT2D eigenvalue weighted by Crippen LogP contribution is -2.63. The van der Waals surface area contributed by atoms with Crippen LogP contribution in [0.15, 0.2) is 40.9 Å². The van der Waals surface area contributed by atoms with Crippen molar-refractivity contribution in [3.63, 3.8) is 0 Å². The summed E-state index contributed by atoms with van der Waals surface area (Å²) in [4.78, 5) is 28.5. The minimum absolute atomic E-state index is 0.0269. The molecule has 13 heteroatoms. The zero-order valence-corrected chi connectivity index (χ0v) is 22.2. The van der Waals surface area contributed by atoms with Gasteiger partial charge in [-0.2, -0.15) is 0 Å². The molecule has 1 N–H and O–H groups in total. The highest BCUT2D eigenvalue weighted by Gasteiger charge is 2.45. The van der Waals surface area contributed by atoms with Gasteiger partial charge in [-0.15, -0.1) is 6.42 Å². The van der Waals surface area contributed by atoms with Gasteiger partial charge in [0.2, 0.25) is 5.88 Å². The molecule has 0 unspecified atom stereocenters. The van der Waals surface area contributed by atoms with Crippen molar-refractivity contribution >= 4 is 39.5 Å². The fourth-order valence-electron chi connectivity index (χ4n) is 5.79. The number of morpholine rings is 1. The van der Waals surface area contributed by atoms with E-state index in [4.69, 9.17) is 25.1 Å². The Morgan fingerprint density at radius 2 is 2.10 bits per heavy atom. The van der Waals surface area contributed by atoms with E-state index >= 15 is 0 Å². The van der Waals surface area contributed by atoms with Gasteiger partial charge in [0.1, 0.15) is 34.5 Å². The van der Waals surface area contributed by atoms with E-state index in [1.54, 1.807) is 30.3 Å². The summed E-state index contributed by atoms with van der Waals surface area (Å²) in [5.41, 5.74) is 1.56. The van der Waals surface area contributed by atoms with Crippen LogP contribution < -0.4 is 14.5 Å². The van der Waals surface area contributed by atoms with Gasteiger partial charge in [0, 0.05) is 30.1 Å². The summed E-state index contributed by atoms with van der Waals surface area (Å²) in [6.07, 6.45) is 3.57. The molecular formula is C29H25F2N5O6. The molecule has 4 aromatic rings. The van der Waals surface area contributed by atoms with Crippen molar-refractivity contribution in [2.75, 3.05) is 49.3 Å². The van der Waals surface area contributed by atoms with Crippen molar-refractivity contribution < 1.29 is 37.3 Å². The Bertz CT molecular complexity index is 1740. The average molecular weight is 578 g/mol. The average Bonchev–Trinajstić information content (AvgIpc) is 3.58. The lowest BCUT2D eigenvalue weighted by atomic mass is 9.99. The Morgan fingerprint density at radius 3 is 2.83 bits per heavy atom. The smallest absolute Gasteiger partial charge is 0.326 e. The molecule has 11 nitrogen and oxygen atoms in total. The number of rotatable bonds is 6. The molecular weight excluding hydrogens is 552 g/mol. The fourth-order valence-corrected chi connectivity index (χ4v) is 5.79. The molecule has 3 aliphatic rings. The summed E-state index contributed by atoms with van der Waals surface area (Å²) in [5, 5.41) is 10.7. The number of para-hydroxylation sites is 1. The highest BCUT2D eigenvalue weighted by atomic mass is 19.3. The first-order valence-electron chi connectivity index (χ1n) is 13.4. The molecule has 0 aliphatic carbocycles. The number of alkyl halides is 2. The number of carbonyl (C=O) groups is 1. The van der Waals surface area contributed by atoms with Crippen LogP contribution >= 0.6 is 0 Å². The molecule has 3 saturated heterocycles. The third-order valence-corrected chi connectivity index (χ3v) is 7.83. The number of fused-ring (bicyclic) bond motifs is 3. The number of furan rings is 1. The molecule has 0 saturated carbocycles. The minimum Gasteiger partial charge on any atom is -0.480 e. The monoisotopic (exact) mass is 577 g/mol. The molecule has 7 rings (SSSR count). The Hall–Kier alpha value is -4.54. The topological polar surface area (TPSA) is 123 Å². The maximum Gasteiger partial charge on any atom is 0.326 e. The number of hydrogen-bond donors (Lipinski definition) is 1. The summed E-state index contributed by atoms with van der Waals surface area (Å²) in [7, 11) is 0. The number of carboxylic acids is 1. The van der Waals surface area contributed by atoms with E-state index in [-0.39, 0.29) is 35.8 Å². The molecule has 0 bridgehead atoms. The van der Waals surface area contributed by atoms with Crippen molar-refractivity contribution in [2.45, 2.75) is 30.6 Å². The quantitative estimate of drug-likeness (QED) is 0.339. The Labute approximate surface area is 238 Å². The van der Waals surface area contributed by atoms with Gasteiger partial charge < -0.3 is 33.5 Å². The number of ether oxygens (including phenoxy) is 3. The SMILES string of the molecule is C#Cc1cnc(O[C@H]2C[C@@H](C(=O)O)N(c3nc(C(F)F)nc4c3oc3ccccc34)C2)c(N2CCOC3(COC3)C2)c1. The number of hydrogen-bond acceptors (Lipinski definition) is 10. The molecule has 3 aliphatic heterocycles. The Morgan fingerprint density at radius 1 is 1.26 bits per heavy atom. The van der Waals surface area contributed by atoms with Crippen molar-refractivity contribution in [3.8, 4) is 18.2 Å². The highest BCUT2D eigenvalue weighted by molar-refractivity contribution is 6.06. The van der Waals surface area contributed by atoms with E-state index in [1.165, 1.54) is 11.1 Å². The second-order valence-electron chi connectivity index (χ2n) is 10.6. The van der Waals surface area contributed by atoms with E-state index in [0.29, 0.717) is 55.1 Å². The van der Waals surface area contributed by atoms with E-state index in [1.807, 2.05) is 0 Å². The maximum atomic E-state index is 13.9. The maximum absolute atomic E-state index is 13.9. The third kappa shape index (κ3) is 4.43. The number of nitrogens with zero attached hydrogens (tertiary/aromatic N) is 5. The van der Waals surface area contributed by atoms with Gasteiger partial charge in [0.15, 0.2) is 17.2 Å². The molecule has 1 aromatic carbocycles. The summed E-state index contributed by atoms with van der Waals surface area (Å²) >= 11 is 0. The van der Waals surface area contributed by atoms with E-state index in [9.17, 15) is 18.7 Å². The van der Waals surface area contributed by atoms with Gasteiger partial charge in [-0.1, -0.05) is 18.1 Å². The molecule has 1 spiro atoms. The molecule has 216 valence electrons. The molecule has 0 radical (unpaired) electrons. The second kappa shape index (κ2) is 10.1. The van der Waals surface area contributed by atoms with Gasteiger partial charge in [0.05, 0.1) is 32.9 Å². The number of pyridine rings is 1. The lowest BCUT2D eigenvalue weighted by Gasteiger charge is -2.48. The summed E-state index contributed by atoms with van der Waals surface area (Å²) in [6.45, 7) is 2.60. The number of aliphatic carboxylic acids is 1. The highest BCUT2D eigenvalue weighted by Crippen LogP contribution is 2.39. The molecule has 0 amide bonds. The van der Waals surface area contributed by atoms with Crippen LogP contribution in [0.1, 0.15) is 24.2 Å². The summed E-state index contributed by atoms with van der Waals surface area (Å²) in [5.74, 6) is 0.985. The number of carboxylic acid groups (broad SMARTS) is 1. The Kier molecular flexibility index (Phi) is 6.32. The predicted molar refractivity (Wildman–Crippen MR) is 146 cm³/mol. The lowest BCUT2D eigenvalue weighted by molar-refractivity contribution is -0.211. The van der Waals surface area contributed by atoms with E-state index in [0.717, 1.165) is 0 Å². The zero-order chi connectivity index (χ0) is 29.0. The van der Waals surface area contributed by atoms with Gasteiger partial charge >= 0.3 is 5.97 Å². The van der Waals surface area contributed by atoms with Crippen molar-refractivity contribution in [2.24, 2.45) is 0 Å². The summed E-state index contributed by atoms with van der Waals surface area (Å²) in [6, 6.07) is 7.56. The third-order valence-electron chi connectivity index (χ3n) is 7.83. The van der Waals surface area contributed by atoms with Crippen LogP contribution in [0, 0.1) is 12.3 Å². The number of benzene rings is 1. The predicted octanol–water partition coefficient (Wildman–Crippen LogP) is 3.41. The van der Waals surface area contributed by atoms with Crippen LogP contribution in [-0.2, 0) is 14.3 Å². The van der Waals surface area contributed by atoms with E-state index in [2.05, 4.69) is 25.8 Å². The summed E-state index contributed by atoms with van der Waals surface area (Å²) < 4.78 is 51.4. The van der Waals surface area contributed by atoms with Gasteiger partial charge in [-0.3, -0.25) is 0 Å². The normalized spacial score (nSPS) is 21.7. The van der Waals surface area contributed by atoms with Gasteiger partial charge in [-0.25, -0.2) is 28.5 Å². The zero-order valence-electron chi connectivity index (χ0n) is 22.2. The largest absolute Gasteiger partial charge is 0.480 e. The molecule has 6 heterocycles.